The van der Waals surface area contributed by atoms with Gasteiger partial charge in [-0.3, -0.25) is 14.8 Å². The minimum atomic E-state index is -5.08. The maximum absolute atomic E-state index is 10.6. The Morgan fingerprint density at radius 3 is 1.74 bits per heavy atom. The number of hydrogen-bond acceptors (Lipinski definition) is 6. The summed E-state index contributed by atoms with van der Waals surface area (Å²) in [6.45, 7) is 6.88. The van der Waals surface area contributed by atoms with Crippen LogP contribution in [0.1, 0.15) is 11.3 Å². The van der Waals surface area contributed by atoms with Gasteiger partial charge < -0.3 is 14.6 Å². The first kappa shape index (κ1) is 28.1. The average molecular weight is 511 g/mol. The summed E-state index contributed by atoms with van der Waals surface area (Å²) in [6, 6.07) is 8.25. The molecule has 194 valence electrons. The molecule has 2 aromatic heterocycles. The largest absolute Gasteiger partial charge is 0.490 e. The van der Waals surface area contributed by atoms with Crippen molar-refractivity contribution < 1.29 is 50.6 Å². The van der Waals surface area contributed by atoms with Gasteiger partial charge in [-0.05, 0) is 30.0 Å². The third kappa shape index (κ3) is 9.56. The fourth-order valence-corrected chi connectivity index (χ4v) is 3.81. The highest BCUT2D eigenvalue weighted by atomic mass is 19.4. The Balaban J connectivity index is 0.000000257. The van der Waals surface area contributed by atoms with Gasteiger partial charge in [0.1, 0.15) is 0 Å². The van der Waals surface area contributed by atoms with Crippen molar-refractivity contribution in [3.8, 4) is 0 Å². The van der Waals surface area contributed by atoms with Gasteiger partial charge >= 0.3 is 24.3 Å². The van der Waals surface area contributed by atoms with Crippen LogP contribution in [0.4, 0.5) is 26.3 Å². The zero-order valence-electron chi connectivity index (χ0n) is 18.2. The molecular formula is C21H23F6N3O5. The Labute approximate surface area is 195 Å². The van der Waals surface area contributed by atoms with Crippen LogP contribution in [-0.2, 0) is 22.7 Å². The first-order valence-corrected chi connectivity index (χ1v) is 10.2. The van der Waals surface area contributed by atoms with E-state index in [4.69, 9.17) is 24.2 Å². The van der Waals surface area contributed by atoms with Crippen LogP contribution >= 0.6 is 0 Å². The molecule has 0 radical (unpaired) electrons. The van der Waals surface area contributed by atoms with Gasteiger partial charge in [-0.2, -0.15) is 26.3 Å². The molecule has 2 aliphatic heterocycles. The number of likely N-dealkylation sites (tertiary alicyclic amines) is 2. The first-order chi connectivity index (χ1) is 16.3. The lowest BCUT2D eigenvalue weighted by molar-refractivity contribution is -0.193. The van der Waals surface area contributed by atoms with E-state index >= 15 is 0 Å². The number of carboxylic acid groups (broad SMARTS) is 2. The molecule has 0 aliphatic carbocycles. The maximum atomic E-state index is 10.6. The number of furan rings is 1. The van der Waals surface area contributed by atoms with Crippen LogP contribution in [-0.4, -0.2) is 75.5 Å². The van der Waals surface area contributed by atoms with Crippen molar-refractivity contribution in [2.45, 2.75) is 25.4 Å². The van der Waals surface area contributed by atoms with Gasteiger partial charge in [-0.25, -0.2) is 9.59 Å². The van der Waals surface area contributed by atoms with Gasteiger partial charge in [-0.1, -0.05) is 6.07 Å². The van der Waals surface area contributed by atoms with Gasteiger partial charge in [0, 0.05) is 51.0 Å². The van der Waals surface area contributed by atoms with Gasteiger partial charge in [0.25, 0.3) is 0 Å². The van der Waals surface area contributed by atoms with Gasteiger partial charge in [0.2, 0.25) is 0 Å². The smallest absolute Gasteiger partial charge is 0.475 e. The number of carboxylic acids is 2. The van der Waals surface area contributed by atoms with Crippen LogP contribution in [0.5, 0.6) is 0 Å². The molecule has 0 amide bonds. The molecular weight excluding hydrogens is 488 g/mol. The van der Waals surface area contributed by atoms with Crippen LogP contribution in [0.2, 0.25) is 0 Å². The number of fused-ring (bicyclic) bond motifs is 1. The highest BCUT2D eigenvalue weighted by Gasteiger charge is 2.40. The molecule has 4 rings (SSSR count). The molecule has 4 heterocycles. The second-order valence-corrected chi connectivity index (χ2v) is 7.97. The third-order valence-electron chi connectivity index (χ3n) is 5.22. The molecule has 2 atom stereocenters. The summed E-state index contributed by atoms with van der Waals surface area (Å²) in [5.41, 5.74) is 2.48. The Morgan fingerprint density at radius 2 is 1.37 bits per heavy atom. The van der Waals surface area contributed by atoms with Crippen molar-refractivity contribution in [1.82, 2.24) is 14.8 Å². The zero-order chi connectivity index (χ0) is 26.2. The minimum Gasteiger partial charge on any atom is -0.475 e. The van der Waals surface area contributed by atoms with E-state index in [-0.39, 0.29) is 0 Å². The summed E-state index contributed by atoms with van der Waals surface area (Å²) in [7, 11) is 0. The number of aromatic nitrogens is 1. The molecule has 2 saturated heterocycles. The highest BCUT2D eigenvalue weighted by Crippen LogP contribution is 2.32. The molecule has 2 aliphatic rings. The van der Waals surface area contributed by atoms with E-state index in [1.807, 2.05) is 18.5 Å². The fraction of sp³-hybridized carbons (Fsp3) is 0.476. The summed E-state index contributed by atoms with van der Waals surface area (Å²) >= 11 is 0. The predicted molar refractivity (Wildman–Crippen MR) is 108 cm³/mol. The molecule has 2 unspecified atom stereocenters. The second kappa shape index (κ2) is 12.0. The monoisotopic (exact) mass is 511 g/mol. The number of nitrogens with zero attached hydrogens (tertiary/aromatic N) is 3. The predicted octanol–water partition coefficient (Wildman–Crippen LogP) is 3.51. The molecule has 2 aromatic rings. The molecule has 2 fully saturated rings. The Bertz CT molecular complexity index is 899. The Hall–Kier alpha value is -3.13. The topological polar surface area (TPSA) is 107 Å². The van der Waals surface area contributed by atoms with Crippen LogP contribution in [0, 0.1) is 11.8 Å². The number of carbonyl (C=O) groups is 2. The summed E-state index contributed by atoms with van der Waals surface area (Å²) in [4.78, 5) is 27.4. The van der Waals surface area contributed by atoms with Crippen LogP contribution in [0.25, 0.3) is 0 Å². The molecule has 0 saturated carbocycles. The molecule has 2 N–H and O–H groups in total. The Kier molecular flexibility index (Phi) is 9.65. The number of aliphatic carboxylic acids is 2. The number of pyridine rings is 1. The van der Waals surface area contributed by atoms with E-state index in [9.17, 15) is 26.3 Å². The lowest BCUT2D eigenvalue weighted by Gasteiger charge is -2.20. The summed E-state index contributed by atoms with van der Waals surface area (Å²) in [5, 5.41) is 14.2. The lowest BCUT2D eigenvalue weighted by Crippen LogP contribution is -2.28. The maximum Gasteiger partial charge on any atom is 0.490 e. The van der Waals surface area contributed by atoms with E-state index in [1.165, 1.54) is 37.4 Å². The molecule has 0 aromatic carbocycles. The van der Waals surface area contributed by atoms with Crippen molar-refractivity contribution in [1.29, 1.82) is 0 Å². The number of halogens is 6. The number of hydrogen-bond donors (Lipinski definition) is 2. The third-order valence-corrected chi connectivity index (χ3v) is 5.22. The van der Waals surface area contributed by atoms with Gasteiger partial charge in [0.05, 0.1) is 18.2 Å². The fourth-order valence-electron chi connectivity index (χ4n) is 3.81. The normalized spacial score (nSPS) is 20.3. The van der Waals surface area contributed by atoms with Crippen LogP contribution in [0.3, 0.4) is 0 Å². The van der Waals surface area contributed by atoms with E-state index in [2.05, 4.69) is 33.0 Å². The quantitative estimate of drug-likeness (QED) is 0.601. The van der Waals surface area contributed by atoms with E-state index < -0.39 is 24.3 Å². The molecule has 0 spiro atoms. The average Bonchev–Trinajstić information content (AvgIpc) is 3.46. The van der Waals surface area contributed by atoms with Crippen molar-refractivity contribution >= 4 is 11.9 Å². The van der Waals surface area contributed by atoms with Crippen molar-refractivity contribution in [2.75, 3.05) is 26.2 Å². The molecule has 14 heteroatoms. The zero-order valence-corrected chi connectivity index (χ0v) is 18.2. The van der Waals surface area contributed by atoms with Gasteiger partial charge in [-0.15, -0.1) is 0 Å². The van der Waals surface area contributed by atoms with E-state index in [1.54, 1.807) is 6.26 Å². The van der Waals surface area contributed by atoms with Crippen molar-refractivity contribution in [2.24, 2.45) is 11.8 Å². The molecule has 0 bridgehead atoms. The summed E-state index contributed by atoms with van der Waals surface area (Å²) in [6.07, 6.45) is -4.65. The summed E-state index contributed by atoms with van der Waals surface area (Å²) in [5.74, 6) is -3.87. The van der Waals surface area contributed by atoms with Crippen molar-refractivity contribution in [3.63, 3.8) is 0 Å². The highest BCUT2D eigenvalue weighted by molar-refractivity contribution is 5.73. The minimum absolute atomic E-state index is 0.820. The molecule has 35 heavy (non-hydrogen) atoms. The number of alkyl halides is 6. The van der Waals surface area contributed by atoms with Gasteiger partial charge in [0.15, 0.2) is 0 Å². The molecule has 8 nitrogen and oxygen atoms in total. The van der Waals surface area contributed by atoms with Crippen LogP contribution in [0.15, 0.2) is 47.4 Å². The Morgan fingerprint density at radius 1 is 0.886 bits per heavy atom. The first-order valence-electron chi connectivity index (χ1n) is 10.2. The summed E-state index contributed by atoms with van der Waals surface area (Å²) < 4.78 is 68.6. The lowest BCUT2D eigenvalue weighted by atomic mass is 10.0. The van der Waals surface area contributed by atoms with Crippen molar-refractivity contribution in [3.05, 3.63) is 54.2 Å². The second-order valence-electron chi connectivity index (χ2n) is 7.97. The number of rotatable bonds is 4. The van der Waals surface area contributed by atoms with E-state index in [0.29, 0.717) is 0 Å². The standard InChI is InChI=1S/C17H21N3O.2C2HF3O2/c1-2-5-18-17(3-1)12-20-10-15-8-19(9-16(15)11-20)7-14-4-6-21-13-14;2*3-2(4,5)1(6)7/h1-6,13,15-16H,7-12H2;2*(H,6,7). The SMILES string of the molecule is O=C(O)C(F)(F)F.O=C(O)C(F)(F)F.c1ccc(CN2CC3CN(Cc4ccoc4)CC3C2)nc1. The van der Waals surface area contributed by atoms with Crippen LogP contribution < -0.4 is 0 Å². The van der Waals surface area contributed by atoms with E-state index in [0.717, 1.165) is 24.9 Å².